The Morgan fingerprint density at radius 2 is 1.83 bits per heavy atom. The Hall–Kier alpha value is -2.38. The summed E-state index contributed by atoms with van der Waals surface area (Å²) in [6.07, 6.45) is 0. The molecule has 0 saturated carbocycles. The molecule has 1 amide bonds. The van der Waals surface area contributed by atoms with Gasteiger partial charge in [0, 0.05) is 6.54 Å². The van der Waals surface area contributed by atoms with Crippen LogP contribution in [-0.4, -0.2) is 39.1 Å². The van der Waals surface area contributed by atoms with Gasteiger partial charge in [-0.2, -0.15) is 8.42 Å². The first-order valence-corrected chi connectivity index (χ1v) is 8.85. The molecule has 126 valence electrons. The molecule has 2 aromatic rings. The maximum absolute atomic E-state index is 12.3. The molecule has 7 heteroatoms. The zero-order valence-corrected chi connectivity index (χ0v) is 14.0. The summed E-state index contributed by atoms with van der Waals surface area (Å²) in [7, 11) is -3.83. The highest BCUT2D eigenvalue weighted by atomic mass is 32.2. The van der Waals surface area contributed by atoms with Crippen LogP contribution >= 0.6 is 0 Å². The lowest BCUT2D eigenvalue weighted by Crippen LogP contribution is -2.40. The van der Waals surface area contributed by atoms with Gasteiger partial charge in [0.25, 0.3) is 16.0 Å². The number of hydrogen-bond donors (Lipinski definition) is 0. The summed E-state index contributed by atoms with van der Waals surface area (Å²) in [6.45, 7) is 1.94. The Balaban J connectivity index is 1.61. The van der Waals surface area contributed by atoms with E-state index in [0.717, 1.165) is 5.56 Å². The van der Waals surface area contributed by atoms with Crippen LogP contribution < -0.4 is 4.74 Å². The third kappa shape index (κ3) is 3.42. The minimum Gasteiger partial charge on any atom is -0.472 e. The lowest BCUT2D eigenvalue weighted by molar-refractivity contribution is 0.0484. The van der Waals surface area contributed by atoms with Crippen molar-refractivity contribution in [3.8, 4) is 5.75 Å². The number of carbonyl (C=O) groups is 1. The van der Waals surface area contributed by atoms with Gasteiger partial charge in [0.2, 0.25) is 0 Å². The lowest BCUT2D eigenvalue weighted by Gasteiger charge is -2.28. The van der Waals surface area contributed by atoms with Crippen LogP contribution in [0.5, 0.6) is 5.75 Å². The van der Waals surface area contributed by atoms with Crippen LogP contribution in [0.25, 0.3) is 0 Å². The van der Waals surface area contributed by atoms with Crippen LogP contribution in [0.4, 0.5) is 0 Å². The smallest absolute Gasteiger partial charge is 0.297 e. The second-order valence-corrected chi connectivity index (χ2v) is 7.04. The third-order valence-electron chi connectivity index (χ3n) is 3.69. The molecule has 2 aromatic carbocycles. The van der Waals surface area contributed by atoms with Gasteiger partial charge in [-0.25, -0.2) is 0 Å². The van der Waals surface area contributed by atoms with Gasteiger partial charge in [-0.3, -0.25) is 8.98 Å². The molecule has 1 heterocycles. The maximum Gasteiger partial charge on any atom is 0.297 e. The van der Waals surface area contributed by atoms with Crippen molar-refractivity contribution < 1.29 is 22.1 Å². The van der Waals surface area contributed by atoms with E-state index in [-0.39, 0.29) is 30.7 Å². The molecule has 1 aliphatic heterocycles. The number of aryl methyl sites for hydroxylation is 1. The third-order valence-corrected chi connectivity index (χ3v) is 5.02. The molecule has 0 N–H and O–H groups in total. The summed E-state index contributed by atoms with van der Waals surface area (Å²) in [5, 5.41) is 0. The fourth-order valence-electron chi connectivity index (χ4n) is 2.34. The highest BCUT2D eigenvalue weighted by Gasteiger charge is 2.25. The van der Waals surface area contributed by atoms with E-state index < -0.39 is 10.1 Å². The zero-order valence-electron chi connectivity index (χ0n) is 13.1. The number of benzene rings is 2. The Labute approximate surface area is 140 Å². The highest BCUT2D eigenvalue weighted by Crippen LogP contribution is 2.24. The van der Waals surface area contributed by atoms with Crippen molar-refractivity contribution >= 4 is 16.0 Å². The number of hydrogen-bond acceptors (Lipinski definition) is 5. The van der Waals surface area contributed by atoms with Crippen molar-refractivity contribution in [2.75, 3.05) is 19.9 Å². The number of para-hydroxylation sites is 1. The monoisotopic (exact) mass is 347 g/mol. The predicted octanol–water partition coefficient (Wildman–Crippen LogP) is 2.19. The quantitative estimate of drug-likeness (QED) is 0.775. The Morgan fingerprint density at radius 3 is 2.58 bits per heavy atom. The summed E-state index contributed by atoms with van der Waals surface area (Å²) in [5.74, 6) is 0.333. The van der Waals surface area contributed by atoms with Gasteiger partial charge in [-0.05, 0) is 31.2 Å². The maximum atomic E-state index is 12.3. The number of fused-ring (bicyclic) bond motifs is 1. The Bertz CT molecular complexity index is 846. The normalized spacial score (nSPS) is 14.2. The largest absolute Gasteiger partial charge is 0.472 e. The van der Waals surface area contributed by atoms with Crippen molar-refractivity contribution in [1.29, 1.82) is 0 Å². The molecule has 0 spiro atoms. The van der Waals surface area contributed by atoms with Crippen LogP contribution in [-0.2, 0) is 14.3 Å². The number of rotatable bonds is 5. The van der Waals surface area contributed by atoms with E-state index >= 15 is 0 Å². The van der Waals surface area contributed by atoms with Crippen molar-refractivity contribution in [1.82, 2.24) is 4.90 Å². The second-order valence-electron chi connectivity index (χ2n) is 5.43. The molecule has 0 atom stereocenters. The molecule has 6 nitrogen and oxygen atoms in total. The molecule has 3 rings (SSSR count). The molecular weight excluding hydrogens is 330 g/mol. The average Bonchev–Trinajstić information content (AvgIpc) is 2.57. The van der Waals surface area contributed by atoms with Gasteiger partial charge >= 0.3 is 0 Å². The summed E-state index contributed by atoms with van der Waals surface area (Å²) in [6, 6.07) is 13.3. The predicted molar refractivity (Wildman–Crippen MR) is 87.3 cm³/mol. The van der Waals surface area contributed by atoms with Crippen LogP contribution in [0.3, 0.4) is 0 Å². The fourth-order valence-corrected chi connectivity index (χ4v) is 3.24. The first-order chi connectivity index (χ1) is 11.5. The van der Waals surface area contributed by atoms with E-state index in [4.69, 9.17) is 8.92 Å². The van der Waals surface area contributed by atoms with Crippen molar-refractivity contribution in [2.45, 2.75) is 11.8 Å². The fraction of sp³-hybridized carbons (Fsp3) is 0.235. The number of nitrogens with zero attached hydrogens (tertiary/aromatic N) is 1. The minimum atomic E-state index is -3.83. The van der Waals surface area contributed by atoms with Gasteiger partial charge in [0.05, 0.1) is 17.1 Å². The molecule has 0 aliphatic carbocycles. The molecule has 0 fully saturated rings. The topological polar surface area (TPSA) is 72.9 Å². The first-order valence-electron chi connectivity index (χ1n) is 7.44. The number of carbonyl (C=O) groups excluding carboxylic acids is 1. The molecule has 0 aromatic heterocycles. The minimum absolute atomic E-state index is 0.0732. The first kappa shape index (κ1) is 16.5. The molecule has 0 unspecified atom stereocenters. The summed E-state index contributed by atoms with van der Waals surface area (Å²) in [5.41, 5.74) is 1.42. The standard InChI is InChI=1S/C17H17NO5S/c1-13-6-8-14(9-7-13)24(20,21)23-11-10-18-12-22-16-5-3-2-4-15(16)17(18)19/h2-9H,10-12H2,1H3. The van der Waals surface area contributed by atoms with E-state index in [1.54, 1.807) is 36.4 Å². The van der Waals surface area contributed by atoms with Crippen molar-refractivity contribution in [3.05, 3.63) is 59.7 Å². The van der Waals surface area contributed by atoms with E-state index in [1.807, 2.05) is 6.92 Å². The van der Waals surface area contributed by atoms with Crippen LogP contribution in [0.15, 0.2) is 53.4 Å². The van der Waals surface area contributed by atoms with Gasteiger partial charge in [-0.15, -0.1) is 0 Å². The van der Waals surface area contributed by atoms with Crippen LogP contribution in [0.1, 0.15) is 15.9 Å². The van der Waals surface area contributed by atoms with Gasteiger partial charge in [0.15, 0.2) is 6.73 Å². The van der Waals surface area contributed by atoms with Gasteiger partial charge in [-0.1, -0.05) is 29.8 Å². The molecule has 0 radical (unpaired) electrons. The summed E-state index contributed by atoms with van der Waals surface area (Å²) in [4.78, 5) is 13.8. The highest BCUT2D eigenvalue weighted by molar-refractivity contribution is 7.86. The molecule has 1 aliphatic rings. The molecule has 24 heavy (non-hydrogen) atoms. The van der Waals surface area contributed by atoms with Gasteiger partial charge < -0.3 is 9.64 Å². The number of ether oxygens (including phenoxy) is 1. The van der Waals surface area contributed by atoms with Gasteiger partial charge in [0.1, 0.15) is 5.75 Å². The SMILES string of the molecule is Cc1ccc(S(=O)(=O)OCCN2COc3ccccc3C2=O)cc1. The summed E-state index contributed by atoms with van der Waals surface area (Å²) < 4.78 is 34.7. The number of amides is 1. The van der Waals surface area contributed by atoms with E-state index in [2.05, 4.69) is 0 Å². The van der Waals surface area contributed by atoms with Crippen molar-refractivity contribution in [3.63, 3.8) is 0 Å². The van der Waals surface area contributed by atoms with Crippen molar-refractivity contribution in [2.24, 2.45) is 0 Å². The Morgan fingerprint density at radius 1 is 1.12 bits per heavy atom. The second kappa shape index (κ2) is 6.62. The Kier molecular flexibility index (Phi) is 4.55. The van der Waals surface area contributed by atoms with E-state index in [1.165, 1.54) is 17.0 Å². The van der Waals surface area contributed by atoms with Crippen LogP contribution in [0.2, 0.25) is 0 Å². The lowest BCUT2D eigenvalue weighted by atomic mass is 10.1. The molecular formula is C17H17NO5S. The zero-order chi connectivity index (χ0) is 17.2. The average molecular weight is 347 g/mol. The molecule has 0 bridgehead atoms. The molecule has 0 saturated heterocycles. The van der Waals surface area contributed by atoms with Crippen LogP contribution in [0, 0.1) is 6.92 Å². The van der Waals surface area contributed by atoms with E-state index in [9.17, 15) is 13.2 Å². The summed E-state index contributed by atoms with van der Waals surface area (Å²) >= 11 is 0. The van der Waals surface area contributed by atoms with E-state index in [0.29, 0.717) is 11.3 Å².